The number of hydrogen-bond donors (Lipinski definition) is 1. The Morgan fingerprint density at radius 3 is 3.00 bits per heavy atom. The highest BCUT2D eigenvalue weighted by Crippen LogP contribution is 2.43. The molecule has 1 aromatic rings. The SMILES string of the molecule is CCn1ncc(Br)c1C1(O)CCCCC1C. The zero-order chi connectivity index (χ0) is 11.8. The van der Waals surface area contributed by atoms with Gasteiger partial charge in [0.05, 0.1) is 16.4 Å². The Morgan fingerprint density at radius 1 is 1.62 bits per heavy atom. The van der Waals surface area contributed by atoms with E-state index < -0.39 is 5.60 Å². The number of halogens is 1. The fourth-order valence-electron chi connectivity index (χ4n) is 2.71. The summed E-state index contributed by atoms with van der Waals surface area (Å²) in [6, 6.07) is 0. The van der Waals surface area contributed by atoms with Gasteiger partial charge in [0.2, 0.25) is 0 Å². The first-order chi connectivity index (χ1) is 7.59. The first-order valence-electron chi connectivity index (χ1n) is 6.03. The van der Waals surface area contributed by atoms with Gasteiger partial charge in [-0.25, -0.2) is 0 Å². The summed E-state index contributed by atoms with van der Waals surface area (Å²) in [6.07, 6.45) is 6.05. The van der Waals surface area contributed by atoms with Crippen LogP contribution in [-0.4, -0.2) is 14.9 Å². The molecule has 1 heterocycles. The quantitative estimate of drug-likeness (QED) is 0.907. The number of nitrogens with zero attached hydrogens (tertiary/aromatic N) is 2. The molecule has 1 aliphatic carbocycles. The lowest BCUT2D eigenvalue weighted by atomic mass is 9.74. The molecule has 1 aliphatic rings. The molecule has 1 aromatic heterocycles. The highest BCUT2D eigenvalue weighted by atomic mass is 79.9. The molecular formula is C12H19BrN2O. The Kier molecular flexibility index (Phi) is 3.40. The second kappa shape index (κ2) is 4.49. The molecule has 4 heteroatoms. The molecule has 3 nitrogen and oxygen atoms in total. The highest BCUT2D eigenvalue weighted by Gasteiger charge is 2.41. The molecule has 16 heavy (non-hydrogen) atoms. The number of aryl methyl sites for hydroxylation is 1. The molecule has 0 aromatic carbocycles. The van der Waals surface area contributed by atoms with E-state index in [9.17, 15) is 5.11 Å². The van der Waals surface area contributed by atoms with Crippen molar-refractivity contribution < 1.29 is 5.11 Å². The van der Waals surface area contributed by atoms with Crippen LogP contribution in [0.5, 0.6) is 0 Å². The zero-order valence-corrected chi connectivity index (χ0v) is 11.5. The monoisotopic (exact) mass is 286 g/mol. The van der Waals surface area contributed by atoms with Crippen LogP contribution in [0.3, 0.4) is 0 Å². The summed E-state index contributed by atoms with van der Waals surface area (Å²) in [5.41, 5.74) is 0.256. The van der Waals surface area contributed by atoms with E-state index in [0.717, 1.165) is 36.0 Å². The normalized spacial score (nSPS) is 30.6. The maximum absolute atomic E-state index is 10.9. The van der Waals surface area contributed by atoms with E-state index in [4.69, 9.17) is 0 Å². The minimum atomic E-state index is -0.705. The van der Waals surface area contributed by atoms with Gasteiger partial charge in [0, 0.05) is 6.54 Å². The average molecular weight is 287 g/mol. The highest BCUT2D eigenvalue weighted by molar-refractivity contribution is 9.10. The largest absolute Gasteiger partial charge is 0.383 e. The summed E-state index contributed by atoms with van der Waals surface area (Å²) in [5, 5.41) is 15.2. The molecule has 0 bridgehead atoms. The molecule has 0 saturated heterocycles. The molecule has 1 fully saturated rings. The summed E-state index contributed by atoms with van der Waals surface area (Å²) in [6.45, 7) is 4.99. The number of rotatable bonds is 2. The Hall–Kier alpha value is -0.350. The van der Waals surface area contributed by atoms with Crippen molar-refractivity contribution in [2.75, 3.05) is 0 Å². The van der Waals surface area contributed by atoms with Gasteiger partial charge in [-0.05, 0) is 41.6 Å². The van der Waals surface area contributed by atoms with E-state index >= 15 is 0 Å². The van der Waals surface area contributed by atoms with Crippen molar-refractivity contribution in [3.05, 3.63) is 16.4 Å². The molecule has 2 rings (SSSR count). The molecule has 0 amide bonds. The smallest absolute Gasteiger partial charge is 0.110 e. The van der Waals surface area contributed by atoms with Gasteiger partial charge in [0.1, 0.15) is 5.60 Å². The van der Waals surface area contributed by atoms with Crippen LogP contribution in [0, 0.1) is 5.92 Å². The van der Waals surface area contributed by atoms with Crippen molar-refractivity contribution in [2.24, 2.45) is 5.92 Å². The fraction of sp³-hybridized carbons (Fsp3) is 0.750. The van der Waals surface area contributed by atoms with Gasteiger partial charge in [-0.2, -0.15) is 5.10 Å². The number of hydrogen-bond acceptors (Lipinski definition) is 2. The molecule has 0 aliphatic heterocycles. The predicted octanol–water partition coefficient (Wildman–Crippen LogP) is 3.06. The van der Waals surface area contributed by atoms with Gasteiger partial charge in [0.25, 0.3) is 0 Å². The minimum Gasteiger partial charge on any atom is -0.383 e. The van der Waals surface area contributed by atoms with Gasteiger partial charge in [-0.15, -0.1) is 0 Å². The number of aliphatic hydroxyl groups is 1. The molecule has 90 valence electrons. The average Bonchev–Trinajstić information content (AvgIpc) is 2.64. The fourth-order valence-corrected chi connectivity index (χ4v) is 3.35. The Morgan fingerprint density at radius 2 is 2.38 bits per heavy atom. The van der Waals surface area contributed by atoms with Gasteiger partial charge in [-0.3, -0.25) is 4.68 Å². The maximum atomic E-state index is 10.9. The van der Waals surface area contributed by atoms with Crippen molar-refractivity contribution in [1.82, 2.24) is 9.78 Å². The van der Waals surface area contributed by atoms with Crippen molar-refractivity contribution in [2.45, 2.75) is 51.7 Å². The van der Waals surface area contributed by atoms with Gasteiger partial charge < -0.3 is 5.11 Å². The Balaban J connectivity index is 2.44. The van der Waals surface area contributed by atoms with Crippen molar-refractivity contribution in [1.29, 1.82) is 0 Å². The van der Waals surface area contributed by atoms with E-state index in [1.165, 1.54) is 6.42 Å². The lowest BCUT2D eigenvalue weighted by molar-refractivity contribution is -0.0545. The van der Waals surface area contributed by atoms with Gasteiger partial charge in [-0.1, -0.05) is 19.8 Å². The van der Waals surface area contributed by atoms with Crippen LogP contribution in [-0.2, 0) is 12.1 Å². The Bertz CT molecular complexity index is 377. The molecule has 0 spiro atoms. The molecule has 2 unspecified atom stereocenters. The maximum Gasteiger partial charge on any atom is 0.110 e. The van der Waals surface area contributed by atoms with E-state index in [-0.39, 0.29) is 0 Å². The van der Waals surface area contributed by atoms with Gasteiger partial charge in [0.15, 0.2) is 0 Å². The standard InChI is InChI=1S/C12H19BrN2O/c1-3-15-11(10(13)8-14-15)12(16)7-5-4-6-9(12)2/h8-9,16H,3-7H2,1-2H3. The third-order valence-electron chi connectivity index (χ3n) is 3.76. The van der Waals surface area contributed by atoms with Crippen molar-refractivity contribution in [3.63, 3.8) is 0 Å². The lowest BCUT2D eigenvalue weighted by Crippen LogP contribution is -2.38. The third kappa shape index (κ3) is 1.82. The van der Waals surface area contributed by atoms with E-state index in [0.29, 0.717) is 5.92 Å². The first-order valence-corrected chi connectivity index (χ1v) is 6.83. The predicted molar refractivity (Wildman–Crippen MR) is 67.1 cm³/mol. The molecule has 2 atom stereocenters. The van der Waals surface area contributed by atoms with Crippen LogP contribution in [0.2, 0.25) is 0 Å². The van der Waals surface area contributed by atoms with Crippen molar-refractivity contribution >= 4 is 15.9 Å². The third-order valence-corrected chi connectivity index (χ3v) is 4.35. The summed E-state index contributed by atoms with van der Waals surface area (Å²) < 4.78 is 2.84. The summed E-state index contributed by atoms with van der Waals surface area (Å²) in [5.74, 6) is 0.305. The zero-order valence-electron chi connectivity index (χ0n) is 9.91. The minimum absolute atomic E-state index is 0.305. The van der Waals surface area contributed by atoms with Crippen LogP contribution >= 0.6 is 15.9 Å². The van der Waals surface area contributed by atoms with Gasteiger partial charge >= 0.3 is 0 Å². The molecular weight excluding hydrogens is 268 g/mol. The van der Waals surface area contributed by atoms with Crippen LogP contribution in [0.4, 0.5) is 0 Å². The lowest BCUT2D eigenvalue weighted by Gasteiger charge is -2.38. The van der Waals surface area contributed by atoms with Crippen LogP contribution in [0.1, 0.15) is 45.2 Å². The number of aromatic nitrogens is 2. The summed E-state index contributed by atoms with van der Waals surface area (Å²) in [7, 11) is 0. The van der Waals surface area contributed by atoms with Crippen LogP contribution in [0.25, 0.3) is 0 Å². The second-order valence-electron chi connectivity index (χ2n) is 4.73. The molecule has 1 N–H and O–H groups in total. The van der Waals surface area contributed by atoms with E-state index in [1.54, 1.807) is 6.20 Å². The Labute approximate surface area is 105 Å². The van der Waals surface area contributed by atoms with Crippen LogP contribution in [0.15, 0.2) is 10.7 Å². The topological polar surface area (TPSA) is 38.0 Å². The first kappa shape index (κ1) is 12.1. The second-order valence-corrected chi connectivity index (χ2v) is 5.58. The summed E-state index contributed by atoms with van der Waals surface area (Å²) >= 11 is 3.51. The molecule has 0 radical (unpaired) electrons. The molecule has 1 saturated carbocycles. The summed E-state index contributed by atoms with van der Waals surface area (Å²) in [4.78, 5) is 0. The van der Waals surface area contributed by atoms with Crippen LogP contribution < -0.4 is 0 Å². The van der Waals surface area contributed by atoms with E-state index in [1.807, 2.05) is 4.68 Å². The van der Waals surface area contributed by atoms with Crippen molar-refractivity contribution in [3.8, 4) is 0 Å². The van der Waals surface area contributed by atoms with E-state index in [2.05, 4.69) is 34.9 Å².